The molecule has 1 unspecified atom stereocenters. The van der Waals surface area contributed by atoms with Crippen molar-refractivity contribution in [1.82, 2.24) is 14.8 Å². The summed E-state index contributed by atoms with van der Waals surface area (Å²) in [5.74, 6) is 0.424. The molecule has 3 heterocycles. The van der Waals surface area contributed by atoms with Gasteiger partial charge in [-0.15, -0.1) is 0 Å². The van der Waals surface area contributed by atoms with Crippen molar-refractivity contribution in [1.29, 1.82) is 0 Å². The van der Waals surface area contributed by atoms with Crippen LogP contribution in [-0.4, -0.2) is 45.9 Å². The standard InChI is InChI=1S/C37H39Cl3FN3O3/c1-22(2)47-35-6-3-5-28-29(37(46)42-20-23-7-11-30(38)31(39)17-23)21-43(36(28)35)13-4-14-44-26-9-10-27(44)16-24(15-26)18-34(45)25-8-12-33(41)32(40)19-25/h3,5-8,11-12,17,19,21-22,24,26-27H,4,9-10,13-16,18,20H2,1-2H3,(H,42,46)/t24?,26-,27+. The molecule has 1 amide bonds. The minimum atomic E-state index is -0.509. The third kappa shape index (κ3) is 7.64. The number of nitrogens with zero attached hydrogens (tertiary/aromatic N) is 2. The molecule has 0 saturated carbocycles. The number of aryl methyl sites for hydroxylation is 1. The van der Waals surface area contributed by atoms with Crippen LogP contribution in [0.2, 0.25) is 15.1 Å². The first kappa shape index (κ1) is 33.8. The van der Waals surface area contributed by atoms with E-state index in [2.05, 4.69) is 14.8 Å². The van der Waals surface area contributed by atoms with E-state index < -0.39 is 5.82 Å². The van der Waals surface area contributed by atoms with Crippen LogP contribution in [-0.2, 0) is 13.1 Å². The molecule has 2 saturated heterocycles. The van der Waals surface area contributed by atoms with Crippen LogP contribution in [0.3, 0.4) is 0 Å². The van der Waals surface area contributed by atoms with Crippen LogP contribution in [0.1, 0.15) is 78.7 Å². The molecule has 0 aliphatic carbocycles. The number of carbonyl (C=O) groups excluding carboxylic acids is 2. The fourth-order valence-electron chi connectivity index (χ4n) is 7.35. The van der Waals surface area contributed by atoms with Gasteiger partial charge in [0, 0.05) is 55.3 Å². The maximum atomic E-state index is 13.6. The molecule has 1 N–H and O–H groups in total. The quantitative estimate of drug-likeness (QED) is 0.150. The fourth-order valence-corrected chi connectivity index (χ4v) is 7.85. The van der Waals surface area contributed by atoms with E-state index in [9.17, 15) is 14.0 Å². The molecule has 2 bridgehead atoms. The number of Topliss-reactive ketones (excluding diaryl/α,β-unsaturated/α-hetero) is 1. The molecule has 10 heteroatoms. The minimum Gasteiger partial charge on any atom is -0.489 e. The number of halogens is 4. The Morgan fingerprint density at radius 3 is 2.43 bits per heavy atom. The average Bonchev–Trinajstić information content (AvgIpc) is 3.52. The molecule has 0 radical (unpaired) electrons. The van der Waals surface area contributed by atoms with Crippen LogP contribution < -0.4 is 10.1 Å². The number of para-hydroxylation sites is 1. The maximum absolute atomic E-state index is 13.6. The number of carbonyl (C=O) groups is 2. The van der Waals surface area contributed by atoms with Gasteiger partial charge >= 0.3 is 0 Å². The number of ketones is 1. The number of amides is 1. The van der Waals surface area contributed by atoms with Gasteiger partial charge in [-0.1, -0.05) is 53.0 Å². The highest BCUT2D eigenvalue weighted by Gasteiger charge is 2.40. The predicted octanol–water partition coefficient (Wildman–Crippen LogP) is 9.36. The van der Waals surface area contributed by atoms with Crippen molar-refractivity contribution < 1.29 is 18.7 Å². The van der Waals surface area contributed by atoms with Gasteiger partial charge < -0.3 is 14.6 Å². The number of fused-ring (bicyclic) bond motifs is 3. The van der Waals surface area contributed by atoms with Gasteiger partial charge in [0.25, 0.3) is 5.91 Å². The lowest BCUT2D eigenvalue weighted by Gasteiger charge is -2.39. The van der Waals surface area contributed by atoms with Crippen molar-refractivity contribution in [3.05, 3.63) is 98.4 Å². The molecule has 47 heavy (non-hydrogen) atoms. The Balaban J connectivity index is 1.12. The second-order valence-corrected chi connectivity index (χ2v) is 14.3. The number of aromatic nitrogens is 1. The summed E-state index contributed by atoms with van der Waals surface area (Å²) in [6.07, 6.45) is 7.55. The van der Waals surface area contributed by atoms with Gasteiger partial charge in [-0.05, 0) is 93.8 Å². The number of nitrogens with one attached hydrogen (secondary N) is 1. The van der Waals surface area contributed by atoms with Crippen LogP contribution in [0.4, 0.5) is 4.39 Å². The summed E-state index contributed by atoms with van der Waals surface area (Å²) in [6.45, 7) is 6.00. The smallest absolute Gasteiger partial charge is 0.253 e. The zero-order valence-electron chi connectivity index (χ0n) is 26.6. The highest BCUT2D eigenvalue weighted by atomic mass is 35.5. The Hall–Kier alpha value is -3.10. The second-order valence-electron chi connectivity index (χ2n) is 13.1. The summed E-state index contributed by atoms with van der Waals surface area (Å²) in [7, 11) is 0. The summed E-state index contributed by atoms with van der Waals surface area (Å²) in [5, 5.41) is 4.80. The number of hydrogen-bond acceptors (Lipinski definition) is 4. The number of rotatable bonds is 12. The molecule has 4 aromatic rings. The first-order valence-electron chi connectivity index (χ1n) is 16.3. The Kier molecular flexibility index (Phi) is 10.5. The van der Waals surface area contributed by atoms with Gasteiger partial charge in [-0.25, -0.2) is 4.39 Å². The minimum absolute atomic E-state index is 0.0138. The van der Waals surface area contributed by atoms with Crippen molar-refractivity contribution >= 4 is 57.4 Å². The normalized spacial score (nSPS) is 19.4. The maximum Gasteiger partial charge on any atom is 0.253 e. The topological polar surface area (TPSA) is 63.6 Å². The van der Waals surface area contributed by atoms with Crippen molar-refractivity contribution in [2.24, 2.45) is 5.92 Å². The lowest BCUT2D eigenvalue weighted by molar-refractivity contribution is 0.0807. The summed E-state index contributed by atoms with van der Waals surface area (Å²) in [4.78, 5) is 29.1. The molecule has 6 rings (SSSR count). The Labute approximate surface area is 290 Å². The van der Waals surface area contributed by atoms with E-state index in [0.717, 1.165) is 67.4 Å². The first-order chi connectivity index (χ1) is 22.6. The van der Waals surface area contributed by atoms with Crippen LogP contribution in [0.5, 0.6) is 5.75 Å². The van der Waals surface area contributed by atoms with Gasteiger partial charge in [0.05, 0.1) is 32.3 Å². The monoisotopic (exact) mass is 697 g/mol. The van der Waals surface area contributed by atoms with E-state index in [1.807, 2.05) is 44.3 Å². The summed E-state index contributed by atoms with van der Waals surface area (Å²) in [6, 6.07) is 16.3. The van der Waals surface area contributed by atoms with Crippen molar-refractivity contribution in [3.8, 4) is 5.75 Å². The van der Waals surface area contributed by atoms with Crippen molar-refractivity contribution in [2.45, 2.75) is 83.6 Å². The van der Waals surface area contributed by atoms with Crippen LogP contribution in [0.15, 0.2) is 60.8 Å². The van der Waals surface area contributed by atoms with Crippen molar-refractivity contribution in [3.63, 3.8) is 0 Å². The lowest BCUT2D eigenvalue weighted by Crippen LogP contribution is -2.43. The third-order valence-corrected chi connectivity index (χ3v) is 10.4. The van der Waals surface area contributed by atoms with Gasteiger partial charge in [-0.2, -0.15) is 0 Å². The van der Waals surface area contributed by atoms with Crippen LogP contribution >= 0.6 is 34.8 Å². The van der Waals surface area contributed by atoms with E-state index in [-0.39, 0.29) is 22.8 Å². The predicted molar refractivity (Wildman–Crippen MR) is 187 cm³/mol. The third-order valence-electron chi connectivity index (χ3n) is 9.42. The molecule has 2 aliphatic rings. The molecule has 2 fully saturated rings. The highest BCUT2D eigenvalue weighted by Crippen LogP contribution is 2.41. The van der Waals surface area contributed by atoms with E-state index in [4.69, 9.17) is 39.5 Å². The van der Waals surface area contributed by atoms with Gasteiger partial charge in [0.1, 0.15) is 11.6 Å². The number of piperidine rings is 1. The molecular formula is C37H39Cl3FN3O3. The summed E-state index contributed by atoms with van der Waals surface area (Å²) in [5.41, 5.74) is 2.86. The number of benzene rings is 3. The molecule has 248 valence electrons. The fraction of sp³-hybridized carbons (Fsp3) is 0.405. The Morgan fingerprint density at radius 1 is 0.957 bits per heavy atom. The van der Waals surface area contributed by atoms with Gasteiger partial charge in [-0.3, -0.25) is 14.5 Å². The SMILES string of the molecule is CC(C)Oc1cccc2c(C(=O)NCc3ccc(Cl)c(Cl)c3)cn(CCCN3[C@@H]4CC[C@H]3CC(CC(=O)c3ccc(F)c(Cl)c3)C4)c12. The Morgan fingerprint density at radius 2 is 1.72 bits per heavy atom. The molecule has 3 aromatic carbocycles. The summed E-state index contributed by atoms with van der Waals surface area (Å²) < 4.78 is 22.0. The molecule has 2 aliphatic heterocycles. The highest BCUT2D eigenvalue weighted by molar-refractivity contribution is 6.42. The van der Waals surface area contributed by atoms with E-state index >= 15 is 0 Å². The van der Waals surface area contributed by atoms with Crippen LogP contribution in [0, 0.1) is 11.7 Å². The second kappa shape index (κ2) is 14.6. The molecule has 6 nitrogen and oxygen atoms in total. The lowest BCUT2D eigenvalue weighted by atomic mass is 9.85. The van der Waals surface area contributed by atoms with Gasteiger partial charge in [0.15, 0.2) is 5.78 Å². The molecule has 0 spiro atoms. The van der Waals surface area contributed by atoms with Crippen molar-refractivity contribution in [2.75, 3.05) is 6.54 Å². The zero-order valence-corrected chi connectivity index (χ0v) is 28.8. The zero-order chi connectivity index (χ0) is 33.2. The molecule has 3 atom stereocenters. The van der Waals surface area contributed by atoms with Gasteiger partial charge in [0.2, 0.25) is 0 Å². The van der Waals surface area contributed by atoms with Crippen LogP contribution in [0.25, 0.3) is 10.9 Å². The molecule has 1 aromatic heterocycles. The molecular weight excluding hydrogens is 660 g/mol. The number of hydrogen-bond donors (Lipinski definition) is 1. The van der Waals surface area contributed by atoms with E-state index in [1.54, 1.807) is 12.1 Å². The first-order valence-corrected chi connectivity index (χ1v) is 17.5. The van der Waals surface area contributed by atoms with E-state index in [1.165, 1.54) is 18.2 Å². The number of ether oxygens (including phenoxy) is 1. The largest absolute Gasteiger partial charge is 0.489 e. The Bertz CT molecular complexity index is 1780. The van der Waals surface area contributed by atoms with E-state index in [0.29, 0.717) is 52.1 Å². The summed E-state index contributed by atoms with van der Waals surface area (Å²) >= 11 is 18.2. The average molecular weight is 699 g/mol.